The fourth-order valence-corrected chi connectivity index (χ4v) is 6.67. The lowest BCUT2D eigenvalue weighted by Gasteiger charge is -2.36. The highest BCUT2D eigenvalue weighted by Gasteiger charge is 2.27. The number of nitrogens with zero attached hydrogens (tertiary/aromatic N) is 2. The molecule has 6 nitrogen and oxygen atoms in total. The van der Waals surface area contributed by atoms with E-state index in [4.69, 9.17) is 9.47 Å². The van der Waals surface area contributed by atoms with Gasteiger partial charge < -0.3 is 24.3 Å². The summed E-state index contributed by atoms with van der Waals surface area (Å²) in [5, 5.41) is 0. The van der Waals surface area contributed by atoms with Crippen molar-refractivity contribution in [3.05, 3.63) is 56.7 Å². The summed E-state index contributed by atoms with van der Waals surface area (Å²) >= 11 is 1.30. The molecule has 0 amide bonds. The zero-order valence-corrected chi connectivity index (χ0v) is 26.9. The van der Waals surface area contributed by atoms with Crippen LogP contribution in [0.2, 0.25) is 0 Å². The quantitative estimate of drug-likeness (QED) is 0.192. The second-order valence-electron chi connectivity index (χ2n) is 10.7. The van der Waals surface area contributed by atoms with E-state index in [1.807, 2.05) is 6.07 Å². The van der Waals surface area contributed by atoms with E-state index < -0.39 is 0 Å². The van der Waals surface area contributed by atoms with Gasteiger partial charge in [-0.3, -0.25) is 4.79 Å². The number of ether oxygens (including phenoxy) is 2. The smallest absolute Gasteiger partial charge is 0.305 e. The maximum Gasteiger partial charge on any atom is 0.305 e. The lowest BCUT2D eigenvalue weighted by Crippen LogP contribution is -2.40. The molecule has 1 atom stereocenters. The van der Waals surface area contributed by atoms with E-state index in [1.54, 1.807) is 14.2 Å². The van der Waals surface area contributed by atoms with Gasteiger partial charge in [-0.1, -0.05) is 43.2 Å². The molecule has 1 N–H and O–H groups in total. The summed E-state index contributed by atoms with van der Waals surface area (Å²) in [5.74, 6) is 1.77. The first-order valence-corrected chi connectivity index (χ1v) is 15.1. The lowest BCUT2D eigenvalue weighted by molar-refractivity contribution is 0.175. The van der Waals surface area contributed by atoms with Gasteiger partial charge in [-0.2, -0.15) is 0 Å². The Morgan fingerprint density at radius 2 is 1.75 bits per heavy atom. The van der Waals surface area contributed by atoms with Crippen LogP contribution in [0.15, 0.2) is 35.1 Å². The van der Waals surface area contributed by atoms with Crippen LogP contribution in [0.1, 0.15) is 62.1 Å². The van der Waals surface area contributed by atoms with Crippen LogP contribution in [-0.2, 0) is 19.3 Å². The number of hydrogen-bond acceptors (Lipinski definition) is 6. The molecule has 0 radical (unpaired) electrons. The van der Waals surface area contributed by atoms with E-state index in [9.17, 15) is 4.79 Å². The van der Waals surface area contributed by atoms with Crippen LogP contribution in [0.5, 0.6) is 11.5 Å². The Hall–Kier alpha value is -1.77. The Labute approximate surface area is 256 Å². The minimum atomic E-state index is 0. The number of aromatic nitrogens is 1. The fraction of sp³-hybridized carbons (Fsp3) is 0.581. The summed E-state index contributed by atoms with van der Waals surface area (Å²) in [6, 6.07) is 11.3. The standard InChI is InChI=1S/C31H45N3O3S.2ClH/c1-5-17-34(25-12-13-26-24(22-25)11-15-28(36-3)30(26)37-4)19-9-7-6-8-18-33(2)20-16-23-10-14-27-29(21-23)38-31(35)32-27;;/h10-11,14-15,21,25H,5-9,12-13,16-20,22H2,1-4H3,(H,32,35);2*1H. The monoisotopic (exact) mass is 611 g/mol. The van der Waals surface area contributed by atoms with Crippen molar-refractivity contribution in [2.75, 3.05) is 47.4 Å². The number of likely N-dealkylation sites (N-methyl/N-ethyl adjacent to an activating group) is 1. The third-order valence-electron chi connectivity index (χ3n) is 7.96. The van der Waals surface area contributed by atoms with Crippen molar-refractivity contribution >= 4 is 46.4 Å². The molecule has 0 aliphatic heterocycles. The Kier molecular flexibility index (Phi) is 14.8. The van der Waals surface area contributed by atoms with Gasteiger partial charge in [0.15, 0.2) is 11.5 Å². The summed E-state index contributed by atoms with van der Waals surface area (Å²) in [7, 11) is 5.69. The summed E-state index contributed by atoms with van der Waals surface area (Å²) in [6.45, 7) is 6.87. The number of thiazole rings is 1. The van der Waals surface area contributed by atoms with Crippen LogP contribution < -0.4 is 14.3 Å². The summed E-state index contributed by atoms with van der Waals surface area (Å²) in [4.78, 5) is 19.6. The van der Waals surface area contributed by atoms with Gasteiger partial charge in [-0.05, 0) is 101 Å². The molecule has 0 bridgehead atoms. The third-order valence-corrected chi connectivity index (χ3v) is 8.80. The summed E-state index contributed by atoms with van der Waals surface area (Å²) in [6.07, 6.45) is 10.7. The molecule has 2 aromatic carbocycles. The van der Waals surface area contributed by atoms with Gasteiger partial charge in [0.05, 0.1) is 24.4 Å². The van der Waals surface area contributed by atoms with Crippen molar-refractivity contribution < 1.29 is 9.47 Å². The number of hydrogen-bond donors (Lipinski definition) is 1. The number of unbranched alkanes of at least 4 members (excludes halogenated alkanes) is 3. The van der Waals surface area contributed by atoms with Gasteiger partial charge in [-0.25, -0.2) is 0 Å². The molecular formula is C31H47Cl2N3O3S. The molecular weight excluding hydrogens is 565 g/mol. The largest absolute Gasteiger partial charge is 0.493 e. The zero-order valence-electron chi connectivity index (χ0n) is 24.5. The second-order valence-corrected chi connectivity index (χ2v) is 11.7. The predicted octanol–water partition coefficient (Wildman–Crippen LogP) is 6.75. The van der Waals surface area contributed by atoms with Crippen molar-refractivity contribution in [3.63, 3.8) is 0 Å². The first-order chi connectivity index (χ1) is 18.5. The molecule has 0 spiro atoms. The number of benzene rings is 2. The van der Waals surface area contributed by atoms with E-state index >= 15 is 0 Å². The molecule has 0 saturated heterocycles. The fourth-order valence-electron chi connectivity index (χ4n) is 5.87. The molecule has 224 valence electrons. The second kappa shape index (κ2) is 17.2. The Bertz CT molecular complexity index is 1230. The average molecular weight is 613 g/mol. The van der Waals surface area contributed by atoms with Crippen LogP contribution in [-0.4, -0.2) is 68.3 Å². The lowest BCUT2D eigenvalue weighted by atomic mass is 9.86. The number of nitrogens with one attached hydrogen (secondary N) is 1. The van der Waals surface area contributed by atoms with E-state index in [0.717, 1.165) is 54.1 Å². The molecule has 0 fully saturated rings. The number of H-pyrrole nitrogens is 1. The minimum absolute atomic E-state index is 0. The SMILES string of the molecule is CCCN(CCCCCCN(C)CCc1ccc2[nH]c(=O)sc2c1)C1CCc2c(ccc(OC)c2OC)C1.Cl.Cl. The Morgan fingerprint density at radius 3 is 2.48 bits per heavy atom. The summed E-state index contributed by atoms with van der Waals surface area (Å²) in [5.41, 5.74) is 5.01. The number of fused-ring (bicyclic) bond motifs is 2. The molecule has 4 rings (SSSR count). The van der Waals surface area contributed by atoms with E-state index in [1.165, 1.54) is 79.6 Å². The maximum absolute atomic E-state index is 11.5. The number of aromatic amines is 1. The highest BCUT2D eigenvalue weighted by atomic mass is 35.5. The number of rotatable bonds is 15. The van der Waals surface area contributed by atoms with E-state index in [0.29, 0.717) is 6.04 Å². The van der Waals surface area contributed by atoms with Gasteiger partial charge in [0.25, 0.3) is 0 Å². The van der Waals surface area contributed by atoms with Crippen molar-refractivity contribution in [1.82, 2.24) is 14.8 Å². The maximum atomic E-state index is 11.5. The Balaban J connectivity index is 0.00000280. The van der Waals surface area contributed by atoms with Crippen molar-refractivity contribution in [1.29, 1.82) is 0 Å². The topological polar surface area (TPSA) is 57.8 Å². The van der Waals surface area contributed by atoms with Crippen LogP contribution >= 0.6 is 36.2 Å². The molecule has 3 aromatic rings. The number of methoxy groups -OCH3 is 2. The molecule has 1 aliphatic carbocycles. The molecule has 1 unspecified atom stereocenters. The molecule has 1 aromatic heterocycles. The van der Waals surface area contributed by atoms with Gasteiger partial charge in [0.2, 0.25) is 0 Å². The van der Waals surface area contributed by atoms with Crippen LogP contribution in [0, 0.1) is 0 Å². The highest BCUT2D eigenvalue weighted by molar-refractivity contribution is 7.16. The van der Waals surface area contributed by atoms with Crippen molar-refractivity contribution in [2.24, 2.45) is 0 Å². The first kappa shape index (κ1) is 34.4. The average Bonchev–Trinajstić information content (AvgIpc) is 3.31. The normalized spacial score (nSPS) is 14.6. The van der Waals surface area contributed by atoms with Crippen molar-refractivity contribution in [3.8, 4) is 11.5 Å². The van der Waals surface area contributed by atoms with Crippen molar-refractivity contribution in [2.45, 2.75) is 70.8 Å². The van der Waals surface area contributed by atoms with Crippen LogP contribution in [0.4, 0.5) is 0 Å². The molecule has 0 saturated carbocycles. The summed E-state index contributed by atoms with van der Waals surface area (Å²) < 4.78 is 12.3. The molecule has 1 heterocycles. The molecule has 1 aliphatic rings. The van der Waals surface area contributed by atoms with Crippen LogP contribution in [0.25, 0.3) is 10.2 Å². The predicted molar refractivity (Wildman–Crippen MR) is 174 cm³/mol. The van der Waals surface area contributed by atoms with Gasteiger partial charge in [0, 0.05) is 18.2 Å². The van der Waals surface area contributed by atoms with Gasteiger partial charge in [-0.15, -0.1) is 24.8 Å². The Morgan fingerprint density at radius 1 is 0.975 bits per heavy atom. The van der Waals surface area contributed by atoms with Gasteiger partial charge in [0.1, 0.15) is 0 Å². The molecule has 9 heteroatoms. The minimum Gasteiger partial charge on any atom is -0.493 e. The van der Waals surface area contributed by atoms with E-state index in [-0.39, 0.29) is 29.7 Å². The number of halogens is 2. The first-order valence-electron chi connectivity index (χ1n) is 14.3. The van der Waals surface area contributed by atoms with Gasteiger partial charge >= 0.3 is 4.87 Å². The zero-order chi connectivity index (χ0) is 26.9. The third kappa shape index (κ3) is 9.12. The molecule has 40 heavy (non-hydrogen) atoms. The van der Waals surface area contributed by atoms with Crippen LogP contribution in [0.3, 0.4) is 0 Å². The highest BCUT2D eigenvalue weighted by Crippen LogP contribution is 2.38. The van der Waals surface area contributed by atoms with E-state index in [2.05, 4.69) is 53.0 Å².